The van der Waals surface area contributed by atoms with Gasteiger partial charge in [-0.05, 0) is 36.4 Å². The van der Waals surface area contributed by atoms with Crippen molar-refractivity contribution in [2.45, 2.75) is 11.8 Å². The summed E-state index contributed by atoms with van der Waals surface area (Å²) in [4.78, 5) is 21.1. The van der Waals surface area contributed by atoms with Crippen molar-refractivity contribution in [3.63, 3.8) is 0 Å². The molecule has 1 aromatic carbocycles. The van der Waals surface area contributed by atoms with Gasteiger partial charge in [-0.2, -0.15) is 0 Å². The highest BCUT2D eigenvalue weighted by atomic mass is 32.2. The molecule has 1 aliphatic rings. The van der Waals surface area contributed by atoms with E-state index in [4.69, 9.17) is 0 Å². The van der Waals surface area contributed by atoms with Crippen molar-refractivity contribution >= 4 is 21.7 Å². The van der Waals surface area contributed by atoms with E-state index >= 15 is 0 Å². The average Bonchev–Trinajstić information content (AvgIpc) is 2.68. The number of nitrogens with zero attached hydrogens (tertiary/aromatic N) is 3. The van der Waals surface area contributed by atoms with E-state index in [1.165, 1.54) is 12.1 Å². The minimum absolute atomic E-state index is 0.0851. The molecule has 3 rings (SSSR count). The van der Waals surface area contributed by atoms with E-state index in [9.17, 15) is 13.2 Å². The van der Waals surface area contributed by atoms with Crippen LogP contribution in [0.5, 0.6) is 0 Å². The van der Waals surface area contributed by atoms with Crippen LogP contribution in [0.2, 0.25) is 0 Å². The Kier molecular flexibility index (Phi) is 5.53. The van der Waals surface area contributed by atoms with Gasteiger partial charge in [0.25, 0.3) is 5.91 Å². The van der Waals surface area contributed by atoms with Crippen molar-refractivity contribution in [2.75, 3.05) is 37.6 Å². The molecule has 0 saturated carbocycles. The van der Waals surface area contributed by atoms with Crippen LogP contribution >= 0.6 is 0 Å². The van der Waals surface area contributed by atoms with Crippen LogP contribution in [0.1, 0.15) is 17.3 Å². The minimum Gasteiger partial charge on any atom is -0.353 e. The Morgan fingerprint density at radius 3 is 2.35 bits per heavy atom. The highest BCUT2D eigenvalue weighted by Crippen LogP contribution is 2.16. The lowest BCUT2D eigenvalue weighted by Crippen LogP contribution is -2.49. The number of hydrogen-bond donors (Lipinski definition) is 1. The fourth-order valence-electron chi connectivity index (χ4n) is 2.91. The van der Waals surface area contributed by atoms with Gasteiger partial charge >= 0.3 is 0 Å². The highest BCUT2D eigenvalue weighted by Gasteiger charge is 2.23. The Morgan fingerprint density at radius 2 is 1.77 bits per heavy atom. The maximum Gasteiger partial charge on any atom is 0.253 e. The molecule has 138 valence electrons. The van der Waals surface area contributed by atoms with Gasteiger partial charge in [-0.1, -0.05) is 13.0 Å². The van der Waals surface area contributed by atoms with E-state index < -0.39 is 10.0 Å². The second-order valence-electron chi connectivity index (χ2n) is 5.99. The third kappa shape index (κ3) is 4.03. The minimum atomic E-state index is -3.50. The number of carbonyl (C=O) groups is 1. The van der Waals surface area contributed by atoms with E-state index in [0.29, 0.717) is 25.2 Å². The first-order valence-corrected chi connectivity index (χ1v) is 10.0. The van der Waals surface area contributed by atoms with E-state index in [0.717, 1.165) is 18.9 Å². The molecule has 0 spiro atoms. The monoisotopic (exact) mass is 374 g/mol. The van der Waals surface area contributed by atoms with Gasteiger partial charge in [-0.3, -0.25) is 4.79 Å². The van der Waals surface area contributed by atoms with Crippen LogP contribution in [0.4, 0.5) is 5.82 Å². The molecule has 1 fully saturated rings. The molecule has 0 atom stereocenters. The summed E-state index contributed by atoms with van der Waals surface area (Å²) in [5.74, 6) is 0.829. The zero-order valence-corrected chi connectivity index (χ0v) is 15.4. The fourth-order valence-corrected chi connectivity index (χ4v) is 3.95. The predicted molar refractivity (Wildman–Crippen MR) is 99.7 cm³/mol. The van der Waals surface area contributed by atoms with E-state index in [1.807, 2.05) is 18.2 Å². The van der Waals surface area contributed by atoms with Crippen molar-refractivity contribution in [3.8, 4) is 0 Å². The van der Waals surface area contributed by atoms with Crippen molar-refractivity contribution in [3.05, 3.63) is 54.2 Å². The zero-order chi connectivity index (χ0) is 18.6. The lowest BCUT2D eigenvalue weighted by Gasteiger charge is -2.35. The molecule has 8 heteroatoms. The third-order valence-electron chi connectivity index (χ3n) is 4.29. The number of piperazine rings is 1. The van der Waals surface area contributed by atoms with Gasteiger partial charge < -0.3 is 9.80 Å². The number of rotatable bonds is 5. The molecule has 1 aromatic heterocycles. The van der Waals surface area contributed by atoms with E-state index in [-0.39, 0.29) is 10.8 Å². The summed E-state index contributed by atoms with van der Waals surface area (Å²) in [5, 5.41) is 0. The SMILES string of the molecule is CCNS(=O)(=O)c1ccc(C(=O)N2CCN(c3ccccn3)CC2)cc1. The molecule has 0 bridgehead atoms. The molecular formula is C18H22N4O3S. The molecule has 1 amide bonds. The van der Waals surface area contributed by atoms with Gasteiger partial charge in [0.2, 0.25) is 10.0 Å². The molecule has 1 N–H and O–H groups in total. The standard InChI is InChI=1S/C18H22N4O3S/c1-2-20-26(24,25)16-8-6-15(7-9-16)18(23)22-13-11-21(12-14-22)17-5-3-4-10-19-17/h3-10,20H,2,11-14H2,1H3. The average molecular weight is 374 g/mol. The summed E-state index contributed by atoms with van der Waals surface area (Å²) in [5.41, 5.74) is 0.492. The van der Waals surface area contributed by atoms with E-state index in [2.05, 4.69) is 14.6 Å². The summed E-state index contributed by atoms with van der Waals surface area (Å²) in [7, 11) is -3.50. The van der Waals surface area contributed by atoms with Crippen LogP contribution in [0, 0.1) is 0 Å². The largest absolute Gasteiger partial charge is 0.353 e. The second kappa shape index (κ2) is 7.84. The van der Waals surface area contributed by atoms with Crippen LogP contribution in [-0.2, 0) is 10.0 Å². The first-order chi connectivity index (χ1) is 12.5. The van der Waals surface area contributed by atoms with Gasteiger partial charge in [0, 0.05) is 44.5 Å². The van der Waals surface area contributed by atoms with Gasteiger partial charge in [0.15, 0.2) is 0 Å². The van der Waals surface area contributed by atoms with E-state index in [1.54, 1.807) is 30.2 Å². The molecule has 1 aliphatic heterocycles. The second-order valence-corrected chi connectivity index (χ2v) is 7.76. The molecule has 7 nitrogen and oxygen atoms in total. The summed E-state index contributed by atoms with van der Waals surface area (Å²) in [6.45, 7) is 4.69. The topological polar surface area (TPSA) is 82.6 Å². The summed E-state index contributed by atoms with van der Waals surface area (Å²) in [6.07, 6.45) is 1.76. The zero-order valence-electron chi connectivity index (χ0n) is 14.6. The number of pyridine rings is 1. The number of carbonyl (C=O) groups excluding carboxylic acids is 1. The molecule has 2 aromatic rings. The first kappa shape index (κ1) is 18.3. The number of sulfonamides is 1. The maximum absolute atomic E-state index is 12.7. The number of amides is 1. The van der Waals surface area contributed by atoms with Crippen molar-refractivity contribution in [1.29, 1.82) is 0 Å². The number of benzene rings is 1. The van der Waals surface area contributed by atoms with Gasteiger partial charge in [0.05, 0.1) is 4.90 Å². The highest BCUT2D eigenvalue weighted by molar-refractivity contribution is 7.89. The smallest absolute Gasteiger partial charge is 0.253 e. The lowest BCUT2D eigenvalue weighted by molar-refractivity contribution is 0.0746. The van der Waals surface area contributed by atoms with Gasteiger partial charge in [-0.25, -0.2) is 18.1 Å². The Bertz CT molecular complexity index is 846. The molecule has 0 unspecified atom stereocenters. The van der Waals surface area contributed by atoms with Crippen molar-refractivity contribution in [2.24, 2.45) is 0 Å². The van der Waals surface area contributed by atoms with Crippen LogP contribution in [-0.4, -0.2) is 56.9 Å². The number of hydrogen-bond acceptors (Lipinski definition) is 5. The number of nitrogens with one attached hydrogen (secondary N) is 1. The fraction of sp³-hybridized carbons (Fsp3) is 0.333. The Hall–Kier alpha value is -2.45. The quantitative estimate of drug-likeness (QED) is 0.854. The number of anilines is 1. The third-order valence-corrected chi connectivity index (χ3v) is 5.85. The number of aromatic nitrogens is 1. The normalized spacial score (nSPS) is 15.1. The van der Waals surface area contributed by atoms with Crippen molar-refractivity contribution in [1.82, 2.24) is 14.6 Å². The molecule has 0 radical (unpaired) electrons. The molecular weight excluding hydrogens is 352 g/mol. The summed E-state index contributed by atoms with van der Waals surface area (Å²) in [6, 6.07) is 11.9. The summed E-state index contributed by atoms with van der Waals surface area (Å²) >= 11 is 0. The van der Waals surface area contributed by atoms with Crippen LogP contribution in [0.3, 0.4) is 0 Å². The van der Waals surface area contributed by atoms with Crippen molar-refractivity contribution < 1.29 is 13.2 Å². The Labute approximate surface area is 153 Å². The Morgan fingerprint density at radius 1 is 1.08 bits per heavy atom. The molecule has 2 heterocycles. The molecule has 0 aliphatic carbocycles. The summed E-state index contributed by atoms with van der Waals surface area (Å²) < 4.78 is 26.4. The van der Waals surface area contributed by atoms with Crippen LogP contribution < -0.4 is 9.62 Å². The van der Waals surface area contributed by atoms with Crippen LogP contribution in [0.25, 0.3) is 0 Å². The van der Waals surface area contributed by atoms with Gasteiger partial charge in [0.1, 0.15) is 5.82 Å². The molecule has 26 heavy (non-hydrogen) atoms. The van der Waals surface area contributed by atoms with Crippen LogP contribution in [0.15, 0.2) is 53.6 Å². The lowest BCUT2D eigenvalue weighted by atomic mass is 10.2. The first-order valence-electron chi connectivity index (χ1n) is 8.56. The van der Waals surface area contributed by atoms with Gasteiger partial charge in [-0.15, -0.1) is 0 Å². The maximum atomic E-state index is 12.7. The molecule has 1 saturated heterocycles. The predicted octanol–water partition coefficient (Wildman–Crippen LogP) is 1.34. The Balaban J connectivity index is 1.64.